The lowest BCUT2D eigenvalue weighted by molar-refractivity contribution is -0.126. The summed E-state index contributed by atoms with van der Waals surface area (Å²) < 4.78 is 29.3. The number of amides is 2. The van der Waals surface area contributed by atoms with Gasteiger partial charge in [0.25, 0.3) is 15.9 Å². The van der Waals surface area contributed by atoms with Crippen molar-refractivity contribution in [3.05, 3.63) is 39.9 Å². The molecule has 0 bridgehead atoms. The molecule has 2 N–H and O–H groups in total. The fourth-order valence-corrected chi connectivity index (χ4v) is 6.14. The number of rotatable bonds is 4. The molecule has 2 aromatic rings. The van der Waals surface area contributed by atoms with Crippen molar-refractivity contribution in [1.29, 1.82) is 0 Å². The number of sulfonamides is 1. The van der Waals surface area contributed by atoms with Crippen LogP contribution in [0.3, 0.4) is 0 Å². The predicted octanol–water partition coefficient (Wildman–Crippen LogP) is 1.71. The maximum absolute atomic E-state index is 12.6. The molecule has 0 saturated carbocycles. The summed E-state index contributed by atoms with van der Waals surface area (Å²) in [5, 5.41) is 1.71. The van der Waals surface area contributed by atoms with E-state index in [-0.39, 0.29) is 10.8 Å². The first kappa shape index (κ1) is 20.1. The minimum Gasteiger partial charge on any atom is -0.345 e. The van der Waals surface area contributed by atoms with E-state index in [0.29, 0.717) is 25.1 Å². The van der Waals surface area contributed by atoms with E-state index in [0.717, 1.165) is 15.8 Å². The van der Waals surface area contributed by atoms with Gasteiger partial charge in [0.2, 0.25) is 5.91 Å². The van der Waals surface area contributed by atoms with Crippen molar-refractivity contribution in [2.45, 2.75) is 17.1 Å². The van der Waals surface area contributed by atoms with Gasteiger partial charge >= 0.3 is 0 Å². The lowest BCUT2D eigenvalue weighted by Crippen LogP contribution is -2.50. The maximum atomic E-state index is 12.6. The van der Waals surface area contributed by atoms with Gasteiger partial charge in [-0.15, -0.1) is 11.3 Å². The summed E-state index contributed by atoms with van der Waals surface area (Å²) in [7, 11) is -1.87. The van der Waals surface area contributed by atoms with Gasteiger partial charge in [0, 0.05) is 30.8 Å². The number of hydrogen-bond acceptors (Lipinski definition) is 5. The fourth-order valence-electron chi connectivity index (χ4n) is 2.95. The van der Waals surface area contributed by atoms with Gasteiger partial charge in [0.15, 0.2) is 0 Å². The first-order valence-electron chi connectivity index (χ1n) is 8.25. The summed E-state index contributed by atoms with van der Waals surface area (Å²) >= 11 is 4.44. The smallest absolute Gasteiger partial charge is 0.286 e. The largest absolute Gasteiger partial charge is 0.345 e. The number of nitrogens with one attached hydrogen (secondary N) is 2. The van der Waals surface area contributed by atoms with Crippen LogP contribution in [0, 0.1) is 5.92 Å². The Labute approximate surface area is 169 Å². The molecule has 0 radical (unpaired) electrons. The lowest BCUT2D eigenvalue weighted by Gasteiger charge is -2.30. The van der Waals surface area contributed by atoms with Gasteiger partial charge in [-0.1, -0.05) is 6.07 Å². The number of halogens is 1. The zero-order valence-electron chi connectivity index (χ0n) is 14.5. The van der Waals surface area contributed by atoms with E-state index in [1.54, 1.807) is 41.4 Å². The number of piperidine rings is 1. The molecule has 27 heavy (non-hydrogen) atoms. The molecule has 1 aliphatic rings. The second-order valence-corrected chi connectivity index (χ2v) is 10.3. The van der Waals surface area contributed by atoms with Crippen LogP contribution in [0.2, 0.25) is 0 Å². The van der Waals surface area contributed by atoms with Crippen molar-refractivity contribution in [3.63, 3.8) is 0 Å². The van der Waals surface area contributed by atoms with Crippen molar-refractivity contribution in [1.82, 2.24) is 19.7 Å². The Bertz CT molecular complexity index is 940. The molecule has 1 atom stereocenters. The molecular formula is C16H19BrN4O4S2. The third kappa shape index (κ3) is 4.42. The van der Waals surface area contributed by atoms with Crippen molar-refractivity contribution in [2.75, 3.05) is 13.1 Å². The highest BCUT2D eigenvalue weighted by Gasteiger charge is 2.34. The summed E-state index contributed by atoms with van der Waals surface area (Å²) in [4.78, 5) is 24.6. The highest BCUT2D eigenvalue weighted by atomic mass is 79.9. The number of carbonyl (C=O) groups excluding carboxylic acids is 2. The second kappa shape index (κ2) is 8.13. The molecule has 0 spiro atoms. The number of thiophene rings is 1. The normalized spacial score (nSPS) is 18.2. The Hall–Kier alpha value is -1.69. The molecule has 2 amide bonds. The van der Waals surface area contributed by atoms with E-state index in [9.17, 15) is 18.0 Å². The quantitative estimate of drug-likeness (QED) is 0.658. The minimum atomic E-state index is -3.59. The van der Waals surface area contributed by atoms with E-state index >= 15 is 0 Å². The number of hydrazine groups is 1. The zero-order valence-corrected chi connectivity index (χ0v) is 17.7. The predicted molar refractivity (Wildman–Crippen MR) is 105 cm³/mol. The van der Waals surface area contributed by atoms with Gasteiger partial charge < -0.3 is 4.57 Å². The molecule has 0 aliphatic carbocycles. The van der Waals surface area contributed by atoms with Crippen LogP contribution < -0.4 is 10.9 Å². The Balaban J connectivity index is 1.60. The van der Waals surface area contributed by atoms with E-state index in [4.69, 9.17) is 0 Å². The number of carbonyl (C=O) groups is 2. The number of nitrogens with zero attached hydrogens (tertiary/aromatic N) is 2. The molecule has 3 heterocycles. The van der Waals surface area contributed by atoms with Crippen LogP contribution in [0.25, 0.3) is 0 Å². The van der Waals surface area contributed by atoms with E-state index in [1.165, 1.54) is 4.31 Å². The Kier molecular flexibility index (Phi) is 6.04. The van der Waals surface area contributed by atoms with Gasteiger partial charge in [0.1, 0.15) is 9.90 Å². The minimum absolute atomic E-state index is 0.0949. The summed E-state index contributed by atoms with van der Waals surface area (Å²) in [5.74, 6) is -1.37. The molecule has 1 saturated heterocycles. The molecule has 11 heteroatoms. The maximum Gasteiger partial charge on any atom is 0.286 e. The van der Waals surface area contributed by atoms with Crippen LogP contribution in [0.4, 0.5) is 0 Å². The first-order chi connectivity index (χ1) is 12.8. The van der Waals surface area contributed by atoms with Crippen LogP contribution in [0.15, 0.2) is 38.5 Å². The van der Waals surface area contributed by atoms with Crippen LogP contribution in [0.5, 0.6) is 0 Å². The highest BCUT2D eigenvalue weighted by Crippen LogP contribution is 2.26. The van der Waals surface area contributed by atoms with E-state index in [2.05, 4.69) is 26.8 Å². The van der Waals surface area contributed by atoms with Gasteiger partial charge in [-0.3, -0.25) is 20.4 Å². The van der Waals surface area contributed by atoms with Crippen molar-refractivity contribution < 1.29 is 18.0 Å². The number of aromatic nitrogens is 1. The number of hydrogen-bond donors (Lipinski definition) is 2. The molecule has 0 aromatic carbocycles. The van der Waals surface area contributed by atoms with Gasteiger partial charge in [-0.25, -0.2) is 8.42 Å². The molecule has 1 unspecified atom stereocenters. The molecule has 3 rings (SSSR count). The summed E-state index contributed by atoms with van der Waals surface area (Å²) in [6.07, 6.45) is 2.88. The van der Waals surface area contributed by atoms with E-state index in [1.807, 2.05) is 0 Å². The zero-order chi connectivity index (χ0) is 19.6. The fraction of sp³-hybridized carbons (Fsp3) is 0.375. The molecular weight excluding hydrogens is 456 g/mol. The van der Waals surface area contributed by atoms with Crippen molar-refractivity contribution >= 4 is 49.1 Å². The average molecular weight is 475 g/mol. The van der Waals surface area contributed by atoms with Gasteiger partial charge in [0.05, 0.1) is 5.92 Å². The van der Waals surface area contributed by atoms with Crippen molar-refractivity contribution in [2.24, 2.45) is 13.0 Å². The Morgan fingerprint density at radius 1 is 1.33 bits per heavy atom. The average Bonchev–Trinajstić information content (AvgIpc) is 3.29. The Morgan fingerprint density at radius 3 is 2.74 bits per heavy atom. The van der Waals surface area contributed by atoms with Crippen LogP contribution in [0.1, 0.15) is 23.3 Å². The van der Waals surface area contributed by atoms with Crippen molar-refractivity contribution in [3.8, 4) is 0 Å². The van der Waals surface area contributed by atoms with Gasteiger partial charge in [-0.2, -0.15) is 4.31 Å². The molecule has 1 fully saturated rings. The third-order valence-electron chi connectivity index (χ3n) is 4.35. The standard InChI is InChI=1S/C16H19BrN4O4S2/c1-20-10-12(17)8-13(20)16(23)19-18-15(22)11-4-2-6-21(9-11)27(24,25)14-5-3-7-26-14/h3,5,7-8,10-11H,2,4,6,9H2,1H3,(H,18,22)(H,19,23). The topological polar surface area (TPSA) is 101 Å². The molecule has 1 aliphatic heterocycles. The summed E-state index contributed by atoms with van der Waals surface area (Å²) in [5.41, 5.74) is 5.18. The van der Waals surface area contributed by atoms with Gasteiger partial charge in [-0.05, 0) is 46.3 Å². The Morgan fingerprint density at radius 2 is 2.11 bits per heavy atom. The summed E-state index contributed by atoms with van der Waals surface area (Å²) in [6.45, 7) is 0.478. The first-order valence-corrected chi connectivity index (χ1v) is 11.4. The molecule has 2 aromatic heterocycles. The molecule has 146 valence electrons. The third-order valence-corrected chi connectivity index (χ3v) is 8.02. The number of aryl methyl sites for hydroxylation is 1. The van der Waals surface area contributed by atoms with Crippen LogP contribution >= 0.6 is 27.3 Å². The summed E-state index contributed by atoms with van der Waals surface area (Å²) in [6, 6.07) is 4.88. The van der Waals surface area contributed by atoms with Crippen LogP contribution in [-0.4, -0.2) is 42.2 Å². The monoisotopic (exact) mass is 474 g/mol. The second-order valence-electron chi connectivity index (χ2n) is 6.23. The van der Waals surface area contributed by atoms with Crippen LogP contribution in [-0.2, 0) is 21.9 Å². The SMILES string of the molecule is Cn1cc(Br)cc1C(=O)NNC(=O)C1CCCN(S(=O)(=O)c2cccs2)C1. The molecule has 8 nitrogen and oxygen atoms in total. The lowest BCUT2D eigenvalue weighted by atomic mass is 9.99. The van der Waals surface area contributed by atoms with E-state index < -0.39 is 27.8 Å². The highest BCUT2D eigenvalue weighted by molar-refractivity contribution is 9.10.